The van der Waals surface area contributed by atoms with Crippen LogP contribution in [0.3, 0.4) is 0 Å². The van der Waals surface area contributed by atoms with Gasteiger partial charge in [0, 0.05) is 30.5 Å². The molecule has 15 nitrogen and oxygen atoms in total. The Balaban J connectivity index is 0.000000545. The van der Waals surface area contributed by atoms with Gasteiger partial charge in [0.1, 0.15) is 12.6 Å². The quantitative estimate of drug-likeness (QED) is 0.0962. The number of nitrogens with zero attached hydrogens (tertiary/aromatic N) is 4. The second-order valence-electron chi connectivity index (χ2n) is 9.61. The Bertz CT molecular complexity index is 1390. The van der Waals surface area contributed by atoms with E-state index in [1.54, 1.807) is 12.1 Å². The highest BCUT2D eigenvalue weighted by Crippen LogP contribution is 2.28. The summed E-state index contributed by atoms with van der Waals surface area (Å²) in [6.07, 6.45) is 1.95. The van der Waals surface area contributed by atoms with E-state index in [0.29, 0.717) is 25.1 Å². The van der Waals surface area contributed by atoms with E-state index in [1.165, 1.54) is 17.0 Å². The number of non-ortho nitro benzene ring substituents is 1. The molecule has 0 radical (unpaired) electrons. The predicted molar refractivity (Wildman–Crippen MR) is 149 cm³/mol. The number of likely N-dealkylation sites (N-methyl/N-ethyl adjacent to an activating group) is 1. The Morgan fingerprint density at radius 2 is 1.54 bits per heavy atom. The number of likely N-dealkylation sites (tertiary alicyclic amines) is 2. The molecule has 0 aliphatic carbocycles. The van der Waals surface area contributed by atoms with Crippen LogP contribution in [0.25, 0.3) is 0 Å². The lowest BCUT2D eigenvalue weighted by atomic mass is 10.1. The van der Waals surface area contributed by atoms with Crippen molar-refractivity contribution < 1.29 is 71.5 Å². The van der Waals surface area contributed by atoms with Crippen molar-refractivity contribution in [3.8, 4) is 0 Å². The van der Waals surface area contributed by atoms with Crippen molar-refractivity contribution in [3.05, 3.63) is 39.9 Å². The maximum atomic E-state index is 13.3. The molecule has 0 spiro atoms. The van der Waals surface area contributed by atoms with Crippen molar-refractivity contribution in [2.75, 3.05) is 26.7 Å². The van der Waals surface area contributed by atoms with E-state index in [9.17, 15) is 46.0 Å². The fourth-order valence-corrected chi connectivity index (χ4v) is 4.56. The van der Waals surface area contributed by atoms with E-state index in [1.807, 2.05) is 18.9 Å². The molecule has 2 fully saturated rings. The summed E-state index contributed by atoms with van der Waals surface area (Å²) in [7, 11) is -9.67. The summed E-state index contributed by atoms with van der Waals surface area (Å²) in [5.41, 5.74) is -10.5. The lowest BCUT2D eigenvalue weighted by Crippen LogP contribution is -2.53. The van der Waals surface area contributed by atoms with E-state index in [-0.39, 0.29) is 29.6 Å². The number of amides is 2. The molecule has 24 heteroatoms. The van der Waals surface area contributed by atoms with Crippen LogP contribution in [0.5, 0.6) is 0 Å². The zero-order valence-electron chi connectivity index (χ0n) is 23.9. The molecular weight excluding hydrogens is 706 g/mol. The number of nitro benzene ring substituents is 1. The third kappa shape index (κ3) is 12.0. The van der Waals surface area contributed by atoms with Crippen LogP contribution in [0, 0.1) is 10.1 Å². The molecular formula is C22H30F6N4O11S3. The number of rotatable bonds is 6. The topological polar surface area (TPSA) is 205 Å². The molecule has 1 aromatic carbocycles. The Hall–Kier alpha value is -2.93. The van der Waals surface area contributed by atoms with E-state index in [2.05, 4.69) is 17.5 Å². The first-order chi connectivity index (χ1) is 20.8. The average Bonchev–Trinajstić information content (AvgIpc) is 3.51. The predicted octanol–water partition coefficient (Wildman–Crippen LogP) is 3.29. The Morgan fingerprint density at radius 3 is 1.91 bits per heavy atom. The molecule has 2 amide bonds. The first-order valence-electron chi connectivity index (χ1n) is 12.7. The van der Waals surface area contributed by atoms with E-state index in [0.717, 1.165) is 19.4 Å². The van der Waals surface area contributed by atoms with Gasteiger partial charge in [0.2, 0.25) is 5.91 Å². The zero-order chi connectivity index (χ0) is 35.8. The van der Waals surface area contributed by atoms with Gasteiger partial charge >= 0.3 is 37.3 Å². The van der Waals surface area contributed by atoms with Gasteiger partial charge in [0.25, 0.3) is 5.69 Å². The summed E-state index contributed by atoms with van der Waals surface area (Å²) < 4.78 is 120. The van der Waals surface area contributed by atoms with Gasteiger partial charge in [0.15, 0.2) is 0 Å². The molecule has 2 saturated heterocycles. The number of hydrogen-bond acceptors (Lipinski definition) is 11. The lowest BCUT2D eigenvalue weighted by Gasteiger charge is -2.36. The second-order valence-corrected chi connectivity index (χ2v) is 13.2. The molecule has 46 heavy (non-hydrogen) atoms. The van der Waals surface area contributed by atoms with Crippen molar-refractivity contribution in [1.82, 2.24) is 14.7 Å². The summed E-state index contributed by atoms with van der Waals surface area (Å²) in [5.74, 6) is -0.0694. The second kappa shape index (κ2) is 16.3. The summed E-state index contributed by atoms with van der Waals surface area (Å²) in [6.45, 7) is 3.81. The minimum Gasteiger partial charge on any atom is -0.445 e. The summed E-state index contributed by atoms with van der Waals surface area (Å²) in [4.78, 5) is 41.8. The number of ether oxygens (including phenoxy) is 1. The Morgan fingerprint density at radius 1 is 1.07 bits per heavy atom. The van der Waals surface area contributed by atoms with Crippen molar-refractivity contribution in [2.24, 2.45) is 0 Å². The summed E-state index contributed by atoms with van der Waals surface area (Å²) in [5, 5.41) is 10.7. The van der Waals surface area contributed by atoms with Crippen molar-refractivity contribution >= 4 is 50.6 Å². The highest BCUT2D eigenvalue weighted by atomic mass is 32.2. The monoisotopic (exact) mass is 736 g/mol. The molecule has 264 valence electrons. The standard InChI is InChI=1S/C20H28N4O5S.2CHF3O3S/c1-3-22(18-5-4-10-21(18)2)19(25)17-11-16(30)12-23(17)20(26)29-13-14-6-8-15(9-7-14)24(27)28;2*2-1(3,4)8(5,6)7/h6-9,16-18,30H,3-5,10-13H2,1-2H3;2*(H,5,6,7)/t16-,17-,18?;;/m0../s1. The average molecular weight is 737 g/mol. The third-order valence-electron chi connectivity index (χ3n) is 6.36. The largest absolute Gasteiger partial charge is 0.522 e. The first-order valence-corrected chi connectivity index (χ1v) is 16.1. The molecule has 2 aliphatic heterocycles. The molecule has 3 rings (SSSR count). The van der Waals surface area contributed by atoms with Crippen LogP contribution in [0.4, 0.5) is 36.8 Å². The van der Waals surface area contributed by atoms with Gasteiger partial charge in [-0.25, -0.2) is 4.79 Å². The van der Waals surface area contributed by atoms with Crippen LogP contribution >= 0.6 is 12.6 Å². The van der Waals surface area contributed by atoms with Crippen LogP contribution < -0.4 is 0 Å². The van der Waals surface area contributed by atoms with Gasteiger partial charge in [-0.3, -0.25) is 33.8 Å². The van der Waals surface area contributed by atoms with Gasteiger partial charge in [0.05, 0.1) is 11.1 Å². The molecule has 1 aromatic rings. The van der Waals surface area contributed by atoms with Crippen LogP contribution in [0.2, 0.25) is 0 Å². The lowest BCUT2D eigenvalue weighted by molar-refractivity contribution is -0.384. The number of nitro groups is 1. The number of halogens is 6. The molecule has 0 saturated carbocycles. The number of hydrogen-bond donors (Lipinski definition) is 3. The highest BCUT2D eigenvalue weighted by Gasteiger charge is 2.45. The summed E-state index contributed by atoms with van der Waals surface area (Å²) >= 11 is 4.50. The Labute approximate surface area is 264 Å². The number of thiol groups is 1. The van der Waals surface area contributed by atoms with E-state index >= 15 is 0 Å². The molecule has 2 heterocycles. The first kappa shape index (κ1) is 41.1. The number of carbonyl (C=O) groups is 2. The molecule has 3 atom stereocenters. The Kier molecular flexibility index (Phi) is 14.5. The van der Waals surface area contributed by atoms with Crippen LogP contribution in [0.1, 0.15) is 31.7 Å². The van der Waals surface area contributed by atoms with Gasteiger partial charge in [-0.1, -0.05) is 0 Å². The van der Waals surface area contributed by atoms with Gasteiger partial charge in [-0.2, -0.15) is 55.8 Å². The third-order valence-corrected chi connectivity index (χ3v) is 7.90. The normalized spacial score (nSPS) is 20.6. The number of carbonyl (C=O) groups excluding carboxylic acids is 2. The van der Waals surface area contributed by atoms with Gasteiger partial charge in [-0.15, -0.1) is 0 Å². The van der Waals surface area contributed by atoms with Crippen molar-refractivity contribution in [3.63, 3.8) is 0 Å². The molecule has 1 unspecified atom stereocenters. The van der Waals surface area contributed by atoms with Crippen molar-refractivity contribution in [2.45, 2.75) is 61.3 Å². The number of benzene rings is 1. The van der Waals surface area contributed by atoms with Crippen LogP contribution in [0.15, 0.2) is 24.3 Å². The van der Waals surface area contributed by atoms with Gasteiger partial charge in [-0.05, 0) is 57.5 Å². The zero-order valence-corrected chi connectivity index (χ0v) is 26.4. The SMILES string of the molecule is CCN(C(=O)[C@@H]1C[C@H](S)CN1C(=O)OCc1ccc([N+](=O)[O-])cc1)C1CCCN1C.O=S(=O)(O)C(F)(F)F.O=S(=O)(O)C(F)(F)F. The van der Waals surface area contributed by atoms with E-state index < -0.39 is 48.3 Å². The minimum absolute atomic E-state index is 0.0195. The fourth-order valence-electron chi connectivity index (χ4n) is 4.18. The maximum absolute atomic E-state index is 13.3. The molecule has 0 aromatic heterocycles. The molecule has 2 aliphatic rings. The maximum Gasteiger partial charge on any atom is 0.522 e. The summed E-state index contributed by atoms with van der Waals surface area (Å²) in [6, 6.07) is 5.24. The highest BCUT2D eigenvalue weighted by molar-refractivity contribution is 7.86. The van der Waals surface area contributed by atoms with Crippen LogP contribution in [-0.4, -0.2) is 113 Å². The van der Waals surface area contributed by atoms with E-state index in [4.69, 9.17) is 30.7 Å². The van der Waals surface area contributed by atoms with Crippen LogP contribution in [-0.2, 0) is 36.4 Å². The minimum atomic E-state index is -5.84. The molecule has 0 bridgehead atoms. The fraction of sp³-hybridized carbons (Fsp3) is 0.636. The number of alkyl halides is 6. The van der Waals surface area contributed by atoms with Gasteiger partial charge < -0.3 is 9.64 Å². The molecule has 2 N–H and O–H groups in total. The smallest absolute Gasteiger partial charge is 0.445 e. The van der Waals surface area contributed by atoms with Crippen molar-refractivity contribution in [1.29, 1.82) is 0 Å².